The molecule has 1 unspecified atom stereocenters. The van der Waals surface area contributed by atoms with Gasteiger partial charge in [-0.05, 0) is 32.9 Å². The second-order valence-corrected chi connectivity index (χ2v) is 4.80. The molecule has 0 aromatic heterocycles. The van der Waals surface area contributed by atoms with E-state index in [4.69, 9.17) is 4.74 Å². The summed E-state index contributed by atoms with van der Waals surface area (Å²) < 4.78 is 5.06. The first-order valence-electron chi connectivity index (χ1n) is 5.97. The molecule has 0 aromatic rings. The third kappa shape index (κ3) is 10.2. The minimum atomic E-state index is 0.452. The minimum Gasteiger partial charge on any atom is -0.383 e. The second kappa shape index (κ2) is 9.13. The normalized spacial score (nSPS) is 13.8. The lowest BCUT2D eigenvalue weighted by Crippen LogP contribution is -2.36. The van der Waals surface area contributed by atoms with Crippen LogP contribution in [-0.2, 0) is 4.74 Å². The number of nitrogens with one attached hydrogen (secondary N) is 1. The quantitative estimate of drug-likeness (QED) is 0.633. The van der Waals surface area contributed by atoms with E-state index in [0.717, 1.165) is 25.6 Å². The van der Waals surface area contributed by atoms with Gasteiger partial charge in [0.25, 0.3) is 0 Å². The molecular formula is C12H28N2O. The Labute approximate surface area is 95.2 Å². The van der Waals surface area contributed by atoms with Crippen LogP contribution in [-0.4, -0.2) is 51.3 Å². The topological polar surface area (TPSA) is 24.5 Å². The monoisotopic (exact) mass is 216 g/mol. The average Bonchev–Trinajstić information content (AvgIpc) is 2.15. The zero-order valence-corrected chi connectivity index (χ0v) is 11.0. The summed E-state index contributed by atoms with van der Waals surface area (Å²) in [6.45, 7) is 10.8. The van der Waals surface area contributed by atoms with E-state index in [2.05, 4.69) is 38.0 Å². The standard InChI is InChI=1S/C12H28N2O/c1-11(2)6-8-14(4)9-7-13-12(3)10-15-5/h11-13H,6-10H2,1-5H3. The molecule has 0 bridgehead atoms. The predicted octanol–water partition coefficient (Wildman–Crippen LogP) is 1.59. The van der Waals surface area contributed by atoms with Gasteiger partial charge < -0.3 is 15.0 Å². The van der Waals surface area contributed by atoms with E-state index in [1.807, 2.05) is 0 Å². The van der Waals surface area contributed by atoms with Gasteiger partial charge in [-0.2, -0.15) is 0 Å². The highest BCUT2D eigenvalue weighted by atomic mass is 16.5. The van der Waals surface area contributed by atoms with Crippen LogP contribution in [0.15, 0.2) is 0 Å². The van der Waals surface area contributed by atoms with Crippen molar-refractivity contribution in [3.63, 3.8) is 0 Å². The van der Waals surface area contributed by atoms with Crippen molar-refractivity contribution in [3.05, 3.63) is 0 Å². The SMILES string of the molecule is COCC(C)NCCN(C)CCC(C)C. The van der Waals surface area contributed by atoms with Crippen LogP contribution in [0, 0.1) is 5.92 Å². The van der Waals surface area contributed by atoms with E-state index in [1.165, 1.54) is 13.0 Å². The second-order valence-electron chi connectivity index (χ2n) is 4.80. The summed E-state index contributed by atoms with van der Waals surface area (Å²) in [4.78, 5) is 2.38. The number of rotatable bonds is 9. The van der Waals surface area contributed by atoms with Crippen molar-refractivity contribution in [2.45, 2.75) is 33.2 Å². The van der Waals surface area contributed by atoms with Crippen molar-refractivity contribution in [1.82, 2.24) is 10.2 Å². The van der Waals surface area contributed by atoms with Gasteiger partial charge in [-0.15, -0.1) is 0 Å². The number of hydrogen-bond donors (Lipinski definition) is 1. The molecule has 0 spiro atoms. The lowest BCUT2D eigenvalue weighted by molar-refractivity contribution is 0.170. The van der Waals surface area contributed by atoms with Crippen LogP contribution in [0.4, 0.5) is 0 Å². The highest BCUT2D eigenvalue weighted by Gasteiger charge is 2.02. The molecular weight excluding hydrogens is 188 g/mol. The van der Waals surface area contributed by atoms with E-state index < -0.39 is 0 Å². The maximum Gasteiger partial charge on any atom is 0.0613 e. The molecule has 0 aromatic carbocycles. The molecule has 1 N–H and O–H groups in total. The first-order chi connectivity index (χ1) is 7.06. The lowest BCUT2D eigenvalue weighted by atomic mass is 10.1. The number of hydrogen-bond acceptors (Lipinski definition) is 3. The van der Waals surface area contributed by atoms with Gasteiger partial charge in [0, 0.05) is 26.2 Å². The van der Waals surface area contributed by atoms with Crippen LogP contribution in [0.5, 0.6) is 0 Å². The molecule has 3 nitrogen and oxygen atoms in total. The number of methoxy groups -OCH3 is 1. The van der Waals surface area contributed by atoms with E-state index in [-0.39, 0.29) is 0 Å². The summed E-state index contributed by atoms with van der Waals surface area (Å²) in [5.41, 5.74) is 0. The molecule has 0 saturated carbocycles. The predicted molar refractivity (Wildman–Crippen MR) is 66.3 cm³/mol. The lowest BCUT2D eigenvalue weighted by Gasteiger charge is -2.19. The summed E-state index contributed by atoms with van der Waals surface area (Å²) in [5, 5.41) is 3.44. The van der Waals surface area contributed by atoms with Crippen molar-refractivity contribution in [1.29, 1.82) is 0 Å². The highest BCUT2D eigenvalue weighted by Crippen LogP contribution is 1.99. The van der Waals surface area contributed by atoms with Gasteiger partial charge in [0.1, 0.15) is 0 Å². The average molecular weight is 216 g/mol. The van der Waals surface area contributed by atoms with Crippen molar-refractivity contribution >= 4 is 0 Å². The van der Waals surface area contributed by atoms with Gasteiger partial charge in [0.15, 0.2) is 0 Å². The van der Waals surface area contributed by atoms with Crippen LogP contribution in [0.3, 0.4) is 0 Å². The maximum absolute atomic E-state index is 5.06. The first kappa shape index (κ1) is 14.9. The molecule has 0 aliphatic rings. The summed E-state index contributed by atoms with van der Waals surface area (Å²) in [6, 6.07) is 0.452. The van der Waals surface area contributed by atoms with Crippen molar-refractivity contribution < 1.29 is 4.74 Å². The molecule has 0 amide bonds. The zero-order chi connectivity index (χ0) is 11.7. The van der Waals surface area contributed by atoms with Crippen LogP contribution in [0.25, 0.3) is 0 Å². The summed E-state index contributed by atoms with van der Waals surface area (Å²) >= 11 is 0. The van der Waals surface area contributed by atoms with Gasteiger partial charge in [0.2, 0.25) is 0 Å². The molecule has 0 saturated heterocycles. The Bertz CT molecular complexity index is 140. The smallest absolute Gasteiger partial charge is 0.0613 e. The number of likely N-dealkylation sites (N-methyl/N-ethyl adjacent to an activating group) is 1. The largest absolute Gasteiger partial charge is 0.383 e. The maximum atomic E-state index is 5.06. The Kier molecular flexibility index (Phi) is 9.06. The molecule has 3 heteroatoms. The minimum absolute atomic E-state index is 0.452. The molecule has 0 fully saturated rings. The molecule has 0 rings (SSSR count). The molecule has 0 aliphatic carbocycles. The van der Waals surface area contributed by atoms with Gasteiger partial charge in [-0.3, -0.25) is 0 Å². The van der Waals surface area contributed by atoms with Crippen molar-refractivity contribution in [2.75, 3.05) is 40.4 Å². The van der Waals surface area contributed by atoms with Gasteiger partial charge in [-0.25, -0.2) is 0 Å². The molecule has 0 heterocycles. The highest BCUT2D eigenvalue weighted by molar-refractivity contribution is 4.61. The fourth-order valence-corrected chi connectivity index (χ4v) is 1.40. The van der Waals surface area contributed by atoms with Crippen LogP contribution in [0.1, 0.15) is 27.2 Å². The van der Waals surface area contributed by atoms with Crippen molar-refractivity contribution in [3.8, 4) is 0 Å². The number of nitrogens with zero attached hydrogens (tertiary/aromatic N) is 1. The Hall–Kier alpha value is -0.120. The van der Waals surface area contributed by atoms with Crippen LogP contribution in [0.2, 0.25) is 0 Å². The Morgan fingerprint density at radius 3 is 2.40 bits per heavy atom. The van der Waals surface area contributed by atoms with Gasteiger partial charge >= 0.3 is 0 Å². The Morgan fingerprint density at radius 1 is 1.20 bits per heavy atom. The Balaban J connectivity index is 3.34. The first-order valence-corrected chi connectivity index (χ1v) is 5.97. The van der Waals surface area contributed by atoms with Gasteiger partial charge in [-0.1, -0.05) is 13.8 Å². The van der Waals surface area contributed by atoms with Crippen molar-refractivity contribution in [2.24, 2.45) is 5.92 Å². The summed E-state index contributed by atoms with van der Waals surface area (Å²) in [7, 11) is 3.93. The van der Waals surface area contributed by atoms with Crippen LogP contribution < -0.4 is 5.32 Å². The zero-order valence-electron chi connectivity index (χ0n) is 11.0. The molecule has 15 heavy (non-hydrogen) atoms. The van der Waals surface area contributed by atoms with Gasteiger partial charge in [0.05, 0.1) is 6.61 Å². The Morgan fingerprint density at radius 2 is 1.87 bits per heavy atom. The van der Waals surface area contributed by atoms with E-state index in [1.54, 1.807) is 7.11 Å². The fraction of sp³-hybridized carbons (Fsp3) is 1.00. The third-order valence-corrected chi connectivity index (χ3v) is 2.49. The van der Waals surface area contributed by atoms with E-state index >= 15 is 0 Å². The summed E-state index contributed by atoms with van der Waals surface area (Å²) in [5.74, 6) is 0.799. The third-order valence-electron chi connectivity index (χ3n) is 2.49. The number of ether oxygens (including phenoxy) is 1. The summed E-state index contributed by atoms with van der Waals surface area (Å²) in [6.07, 6.45) is 1.28. The van der Waals surface area contributed by atoms with Crippen LogP contribution >= 0.6 is 0 Å². The molecule has 0 radical (unpaired) electrons. The molecule has 0 aliphatic heterocycles. The van der Waals surface area contributed by atoms with E-state index in [9.17, 15) is 0 Å². The van der Waals surface area contributed by atoms with E-state index in [0.29, 0.717) is 6.04 Å². The molecule has 1 atom stereocenters. The fourth-order valence-electron chi connectivity index (χ4n) is 1.40. The molecule has 92 valence electrons.